The fourth-order valence-corrected chi connectivity index (χ4v) is 4.34. The Hall–Kier alpha value is -2.46. The third kappa shape index (κ3) is 5.13. The maximum Gasteiger partial charge on any atom is 0.312 e. The first-order valence-corrected chi connectivity index (χ1v) is 11.1. The zero-order chi connectivity index (χ0) is 21.2. The van der Waals surface area contributed by atoms with Gasteiger partial charge in [-0.25, -0.2) is 13.6 Å². The van der Waals surface area contributed by atoms with Crippen molar-refractivity contribution in [1.29, 1.82) is 0 Å². The number of primary sulfonamides is 1. The zero-order valence-electron chi connectivity index (χ0n) is 16.2. The molecule has 10 heteroatoms. The number of benzene rings is 1. The summed E-state index contributed by atoms with van der Waals surface area (Å²) in [7, 11) is -3.90. The van der Waals surface area contributed by atoms with Gasteiger partial charge in [-0.2, -0.15) is 0 Å². The Balaban J connectivity index is 1.56. The lowest BCUT2D eigenvalue weighted by atomic mass is 10.1. The van der Waals surface area contributed by atoms with Gasteiger partial charge in [0.25, 0.3) is 5.91 Å². The SMILES string of the molecule is C[C@@H](OC(=O)[C@H]1CC(=O)N(C2CCCC2)C1)C(=O)Nc1cccc(S(N)(=O)=O)c1. The van der Waals surface area contributed by atoms with Gasteiger partial charge in [0.15, 0.2) is 6.10 Å². The first-order chi connectivity index (χ1) is 13.6. The van der Waals surface area contributed by atoms with Crippen LogP contribution in [0, 0.1) is 5.92 Å². The highest BCUT2D eigenvalue weighted by atomic mass is 32.2. The number of rotatable bonds is 6. The molecule has 3 N–H and O–H groups in total. The molecular weight excluding hydrogens is 398 g/mol. The minimum atomic E-state index is -3.90. The third-order valence-corrected chi connectivity index (χ3v) is 6.26. The van der Waals surface area contributed by atoms with Crippen LogP contribution in [0.5, 0.6) is 0 Å². The molecule has 0 aromatic heterocycles. The summed E-state index contributed by atoms with van der Waals surface area (Å²) in [5.74, 6) is -1.82. The number of carbonyl (C=O) groups is 3. The van der Waals surface area contributed by atoms with Crippen LogP contribution >= 0.6 is 0 Å². The van der Waals surface area contributed by atoms with E-state index in [-0.39, 0.29) is 29.0 Å². The Morgan fingerprint density at radius 1 is 1.28 bits per heavy atom. The van der Waals surface area contributed by atoms with Gasteiger partial charge >= 0.3 is 5.97 Å². The number of hydrogen-bond acceptors (Lipinski definition) is 6. The van der Waals surface area contributed by atoms with Crippen molar-refractivity contribution in [3.63, 3.8) is 0 Å². The van der Waals surface area contributed by atoms with Gasteiger partial charge in [0, 0.05) is 24.7 Å². The summed E-state index contributed by atoms with van der Waals surface area (Å²) in [5.41, 5.74) is 0.216. The van der Waals surface area contributed by atoms with Crippen molar-refractivity contribution in [2.75, 3.05) is 11.9 Å². The summed E-state index contributed by atoms with van der Waals surface area (Å²) in [6, 6.07) is 5.66. The van der Waals surface area contributed by atoms with Gasteiger partial charge in [-0.3, -0.25) is 14.4 Å². The highest BCUT2D eigenvalue weighted by Gasteiger charge is 2.40. The lowest BCUT2D eigenvalue weighted by Crippen LogP contribution is -2.36. The summed E-state index contributed by atoms with van der Waals surface area (Å²) >= 11 is 0. The maximum absolute atomic E-state index is 12.4. The molecule has 3 rings (SSSR count). The second-order valence-corrected chi connectivity index (χ2v) is 9.09. The molecule has 1 heterocycles. The number of nitrogens with two attached hydrogens (primary N) is 1. The summed E-state index contributed by atoms with van der Waals surface area (Å²) < 4.78 is 28.1. The van der Waals surface area contributed by atoms with E-state index in [0.717, 1.165) is 25.7 Å². The van der Waals surface area contributed by atoms with Crippen molar-refractivity contribution < 1.29 is 27.5 Å². The Bertz CT molecular complexity index is 910. The van der Waals surface area contributed by atoms with Crippen LogP contribution in [0.1, 0.15) is 39.0 Å². The lowest BCUT2D eigenvalue weighted by molar-refractivity contribution is -0.157. The van der Waals surface area contributed by atoms with Crippen LogP contribution in [0.2, 0.25) is 0 Å². The molecule has 0 spiro atoms. The largest absolute Gasteiger partial charge is 0.452 e. The molecule has 0 radical (unpaired) electrons. The molecule has 1 saturated heterocycles. The van der Waals surface area contributed by atoms with Crippen LogP contribution in [0.25, 0.3) is 0 Å². The minimum absolute atomic E-state index is 0.0456. The summed E-state index contributed by atoms with van der Waals surface area (Å²) in [5, 5.41) is 7.58. The highest BCUT2D eigenvalue weighted by Crippen LogP contribution is 2.30. The first kappa shape index (κ1) is 21.3. The van der Waals surface area contributed by atoms with E-state index in [0.29, 0.717) is 6.54 Å². The standard InChI is InChI=1S/C19H25N3O6S/c1-12(18(24)21-14-5-4-8-16(10-14)29(20,26)27)28-19(25)13-9-17(23)22(11-13)15-6-2-3-7-15/h4-5,8,10,12-13,15H,2-3,6-7,9,11H2,1H3,(H,21,24)(H2,20,26,27)/t12-,13+/m1/s1. The van der Waals surface area contributed by atoms with Gasteiger partial charge in [-0.1, -0.05) is 18.9 Å². The molecule has 1 saturated carbocycles. The van der Waals surface area contributed by atoms with E-state index in [2.05, 4.69) is 5.32 Å². The molecule has 158 valence electrons. The van der Waals surface area contributed by atoms with Gasteiger partial charge in [0.2, 0.25) is 15.9 Å². The number of carbonyl (C=O) groups excluding carboxylic acids is 3. The van der Waals surface area contributed by atoms with Gasteiger partial charge < -0.3 is 15.0 Å². The van der Waals surface area contributed by atoms with Gasteiger partial charge in [0.1, 0.15) is 0 Å². The van der Waals surface area contributed by atoms with E-state index >= 15 is 0 Å². The smallest absolute Gasteiger partial charge is 0.312 e. The number of esters is 1. The molecule has 2 fully saturated rings. The van der Waals surface area contributed by atoms with Crippen LogP contribution in [-0.2, 0) is 29.1 Å². The molecular formula is C19H25N3O6S. The van der Waals surface area contributed by atoms with Crippen LogP contribution in [0.4, 0.5) is 5.69 Å². The molecule has 0 unspecified atom stereocenters. The number of hydrogen-bond donors (Lipinski definition) is 2. The molecule has 2 aliphatic rings. The predicted molar refractivity (Wildman–Crippen MR) is 104 cm³/mol. The fourth-order valence-electron chi connectivity index (χ4n) is 3.78. The van der Waals surface area contributed by atoms with E-state index in [9.17, 15) is 22.8 Å². The molecule has 1 aromatic rings. The molecule has 1 aliphatic carbocycles. The molecule has 29 heavy (non-hydrogen) atoms. The fraction of sp³-hybridized carbons (Fsp3) is 0.526. The van der Waals surface area contributed by atoms with Crippen molar-refractivity contribution in [3.8, 4) is 0 Å². The number of anilines is 1. The normalized spacial score (nSPS) is 21.2. The predicted octanol–water partition coefficient (Wildman–Crippen LogP) is 0.995. The Labute approximate surface area is 169 Å². The minimum Gasteiger partial charge on any atom is -0.452 e. The van der Waals surface area contributed by atoms with Crippen molar-refractivity contribution in [3.05, 3.63) is 24.3 Å². The molecule has 2 amide bonds. The number of ether oxygens (including phenoxy) is 1. The van der Waals surface area contributed by atoms with Crippen molar-refractivity contribution in [2.24, 2.45) is 11.1 Å². The van der Waals surface area contributed by atoms with E-state index in [1.807, 2.05) is 0 Å². The van der Waals surface area contributed by atoms with Crippen LogP contribution < -0.4 is 10.5 Å². The molecule has 1 aliphatic heterocycles. The second-order valence-electron chi connectivity index (χ2n) is 7.53. The molecule has 0 bridgehead atoms. The molecule has 2 atom stereocenters. The summed E-state index contributed by atoms with van der Waals surface area (Å²) in [6.07, 6.45) is 3.10. The third-order valence-electron chi connectivity index (χ3n) is 5.35. The van der Waals surface area contributed by atoms with E-state index < -0.39 is 33.9 Å². The lowest BCUT2D eigenvalue weighted by Gasteiger charge is -2.24. The Morgan fingerprint density at radius 3 is 2.62 bits per heavy atom. The zero-order valence-corrected chi connectivity index (χ0v) is 17.0. The number of sulfonamides is 1. The van der Waals surface area contributed by atoms with Gasteiger partial charge in [-0.05, 0) is 38.0 Å². The quantitative estimate of drug-likeness (QED) is 0.655. The number of likely N-dealkylation sites (tertiary alicyclic amines) is 1. The Morgan fingerprint density at radius 2 is 1.97 bits per heavy atom. The van der Waals surface area contributed by atoms with Crippen LogP contribution in [-0.4, -0.2) is 49.8 Å². The van der Waals surface area contributed by atoms with E-state index in [1.165, 1.54) is 31.2 Å². The van der Waals surface area contributed by atoms with Crippen LogP contribution in [0.3, 0.4) is 0 Å². The molecule has 1 aromatic carbocycles. The topological polar surface area (TPSA) is 136 Å². The van der Waals surface area contributed by atoms with Gasteiger partial charge in [-0.15, -0.1) is 0 Å². The summed E-state index contributed by atoms with van der Waals surface area (Å²) in [6.45, 7) is 1.75. The van der Waals surface area contributed by atoms with E-state index in [1.54, 1.807) is 4.90 Å². The van der Waals surface area contributed by atoms with E-state index in [4.69, 9.17) is 9.88 Å². The number of nitrogens with zero attached hydrogens (tertiary/aromatic N) is 1. The average molecular weight is 423 g/mol. The molecule has 9 nitrogen and oxygen atoms in total. The first-order valence-electron chi connectivity index (χ1n) is 9.59. The number of amides is 2. The second kappa shape index (κ2) is 8.50. The monoisotopic (exact) mass is 423 g/mol. The number of nitrogens with one attached hydrogen (secondary N) is 1. The summed E-state index contributed by atoms with van der Waals surface area (Å²) in [4.78, 5) is 38.6. The van der Waals surface area contributed by atoms with Crippen molar-refractivity contribution in [1.82, 2.24) is 4.90 Å². The van der Waals surface area contributed by atoms with Crippen molar-refractivity contribution >= 4 is 33.5 Å². The van der Waals surface area contributed by atoms with Crippen molar-refractivity contribution in [2.45, 2.75) is 56.1 Å². The maximum atomic E-state index is 12.4. The average Bonchev–Trinajstić information content (AvgIpc) is 3.30. The van der Waals surface area contributed by atoms with Crippen LogP contribution in [0.15, 0.2) is 29.2 Å². The van der Waals surface area contributed by atoms with Gasteiger partial charge in [0.05, 0.1) is 10.8 Å². The highest BCUT2D eigenvalue weighted by molar-refractivity contribution is 7.89. The Kier molecular flexibility index (Phi) is 6.23.